The second kappa shape index (κ2) is 5.06. The molecule has 0 aromatic carbocycles. The van der Waals surface area contributed by atoms with Gasteiger partial charge in [-0.15, -0.1) is 11.3 Å². The van der Waals surface area contributed by atoms with Gasteiger partial charge in [0, 0.05) is 4.88 Å². The van der Waals surface area contributed by atoms with Crippen molar-refractivity contribution in [1.29, 1.82) is 0 Å². The number of halogens is 1. The van der Waals surface area contributed by atoms with Crippen LogP contribution in [0.3, 0.4) is 0 Å². The van der Waals surface area contributed by atoms with Crippen molar-refractivity contribution in [3.8, 4) is 0 Å². The van der Waals surface area contributed by atoms with E-state index < -0.39 is 0 Å². The number of hydrogen-bond donors (Lipinski definition) is 1. The monoisotopic (exact) mass is 336 g/mol. The van der Waals surface area contributed by atoms with Crippen LogP contribution in [0.1, 0.15) is 32.2 Å². The lowest BCUT2D eigenvalue weighted by molar-refractivity contribution is 0.103. The molecule has 1 N–H and O–H groups in total. The van der Waals surface area contributed by atoms with Gasteiger partial charge in [0.2, 0.25) is 0 Å². The number of anilines is 1. The lowest BCUT2D eigenvalue weighted by Crippen LogP contribution is -2.11. The van der Waals surface area contributed by atoms with E-state index in [0.717, 1.165) is 33.7 Å². The number of pyridine rings is 1. The minimum Gasteiger partial charge on any atom is -0.320 e. The van der Waals surface area contributed by atoms with E-state index in [2.05, 4.69) is 26.2 Å². The summed E-state index contributed by atoms with van der Waals surface area (Å²) in [6, 6.07) is 5.73. The van der Waals surface area contributed by atoms with Crippen LogP contribution < -0.4 is 5.32 Å². The number of nitrogens with one attached hydrogen (secondary N) is 1. The molecule has 19 heavy (non-hydrogen) atoms. The minimum atomic E-state index is -0.0355. The number of aromatic nitrogens is 1. The van der Waals surface area contributed by atoms with Crippen LogP contribution in [0, 0.1) is 6.92 Å². The zero-order valence-corrected chi connectivity index (χ0v) is 12.9. The van der Waals surface area contributed by atoms with Crippen molar-refractivity contribution in [2.45, 2.75) is 26.2 Å². The number of aryl methyl sites for hydroxylation is 3. The zero-order chi connectivity index (χ0) is 13.4. The summed E-state index contributed by atoms with van der Waals surface area (Å²) in [5.41, 5.74) is 2.93. The highest BCUT2D eigenvalue weighted by molar-refractivity contribution is 9.10. The Bertz CT molecular complexity index is 629. The number of amides is 1. The molecule has 0 radical (unpaired) electrons. The van der Waals surface area contributed by atoms with Crippen LogP contribution in [0.25, 0.3) is 0 Å². The first-order valence-corrected chi connectivity index (χ1v) is 7.80. The molecule has 2 heterocycles. The second-order valence-corrected chi connectivity index (χ2v) is 6.58. The Morgan fingerprint density at radius 2 is 2.26 bits per heavy atom. The molecule has 5 heteroatoms. The van der Waals surface area contributed by atoms with Gasteiger partial charge >= 0.3 is 0 Å². The fraction of sp³-hybridized carbons (Fsp3) is 0.286. The van der Waals surface area contributed by atoms with Crippen LogP contribution in [-0.4, -0.2) is 10.9 Å². The average molecular weight is 337 g/mol. The van der Waals surface area contributed by atoms with Crippen molar-refractivity contribution in [2.24, 2.45) is 0 Å². The van der Waals surface area contributed by atoms with E-state index in [0.29, 0.717) is 0 Å². The normalized spacial score (nSPS) is 13.4. The minimum absolute atomic E-state index is 0.0355. The number of rotatable bonds is 2. The van der Waals surface area contributed by atoms with E-state index in [-0.39, 0.29) is 5.91 Å². The fourth-order valence-corrected chi connectivity index (χ4v) is 3.83. The molecule has 0 unspecified atom stereocenters. The summed E-state index contributed by atoms with van der Waals surface area (Å²) < 4.78 is 0.776. The van der Waals surface area contributed by atoms with Crippen LogP contribution in [-0.2, 0) is 12.8 Å². The summed E-state index contributed by atoms with van der Waals surface area (Å²) in [7, 11) is 0. The van der Waals surface area contributed by atoms with Crippen LogP contribution in [0.2, 0.25) is 0 Å². The third-order valence-corrected chi connectivity index (χ3v) is 4.95. The van der Waals surface area contributed by atoms with Crippen molar-refractivity contribution in [1.82, 2.24) is 4.98 Å². The maximum absolute atomic E-state index is 12.2. The molecule has 1 aliphatic rings. The first-order valence-electron chi connectivity index (χ1n) is 6.19. The highest BCUT2D eigenvalue weighted by Crippen LogP contribution is 2.31. The quantitative estimate of drug-likeness (QED) is 0.843. The smallest absolute Gasteiger partial charge is 0.265 e. The lowest BCUT2D eigenvalue weighted by atomic mass is 10.2. The molecule has 0 bridgehead atoms. The van der Waals surface area contributed by atoms with Crippen molar-refractivity contribution < 1.29 is 4.79 Å². The Hall–Kier alpha value is -1.20. The predicted molar refractivity (Wildman–Crippen MR) is 81.0 cm³/mol. The molecular formula is C14H13BrN2OS. The van der Waals surface area contributed by atoms with Gasteiger partial charge in [0.1, 0.15) is 4.60 Å². The Balaban J connectivity index is 1.80. The van der Waals surface area contributed by atoms with Gasteiger partial charge in [0.05, 0.1) is 16.3 Å². The second-order valence-electron chi connectivity index (χ2n) is 4.63. The third-order valence-electron chi connectivity index (χ3n) is 3.27. The van der Waals surface area contributed by atoms with Gasteiger partial charge in [-0.2, -0.15) is 0 Å². The van der Waals surface area contributed by atoms with Crippen molar-refractivity contribution in [2.75, 3.05) is 5.32 Å². The van der Waals surface area contributed by atoms with E-state index in [1.165, 1.54) is 16.9 Å². The first kappa shape index (κ1) is 12.8. The Kier molecular flexibility index (Phi) is 3.41. The highest BCUT2D eigenvalue weighted by atomic mass is 79.9. The topological polar surface area (TPSA) is 42.0 Å². The van der Waals surface area contributed by atoms with Crippen molar-refractivity contribution >= 4 is 38.9 Å². The Labute approximate surface area is 124 Å². The fourth-order valence-electron chi connectivity index (χ4n) is 2.29. The Morgan fingerprint density at radius 1 is 1.42 bits per heavy atom. The molecule has 0 atom stereocenters. The molecule has 0 aliphatic heterocycles. The van der Waals surface area contributed by atoms with Crippen LogP contribution in [0.4, 0.5) is 5.69 Å². The van der Waals surface area contributed by atoms with Crippen LogP contribution in [0.5, 0.6) is 0 Å². The van der Waals surface area contributed by atoms with Gasteiger partial charge in [-0.3, -0.25) is 4.79 Å². The van der Waals surface area contributed by atoms with Gasteiger partial charge in [-0.1, -0.05) is 0 Å². The van der Waals surface area contributed by atoms with Crippen LogP contribution in [0.15, 0.2) is 22.8 Å². The van der Waals surface area contributed by atoms with Gasteiger partial charge in [0.25, 0.3) is 5.91 Å². The molecule has 0 spiro atoms. The molecule has 1 aliphatic carbocycles. The number of nitrogens with zero attached hydrogens (tertiary/aromatic N) is 1. The predicted octanol–water partition coefficient (Wildman–Crippen LogP) is 3.96. The molecule has 3 nitrogen and oxygen atoms in total. The first-order chi connectivity index (χ1) is 9.13. The molecule has 0 saturated heterocycles. The number of fused-ring (bicyclic) bond motifs is 1. The SMILES string of the molecule is Cc1nc(Br)ccc1NC(=O)c1cc2c(s1)CCC2. The summed E-state index contributed by atoms with van der Waals surface area (Å²) in [4.78, 5) is 18.7. The van der Waals surface area contributed by atoms with Gasteiger partial charge < -0.3 is 5.32 Å². The summed E-state index contributed by atoms with van der Waals surface area (Å²) in [5, 5.41) is 2.93. The van der Waals surface area contributed by atoms with Crippen molar-refractivity contribution in [3.05, 3.63) is 43.8 Å². The van der Waals surface area contributed by atoms with Gasteiger partial charge in [0.15, 0.2) is 0 Å². The standard InChI is InChI=1S/C14H13BrN2OS/c1-8-10(5-6-13(15)16-8)17-14(18)12-7-9-3-2-4-11(9)19-12/h5-7H,2-4H2,1H3,(H,17,18). The molecule has 0 saturated carbocycles. The number of carbonyl (C=O) groups excluding carboxylic acids is 1. The third kappa shape index (κ3) is 2.58. The lowest BCUT2D eigenvalue weighted by Gasteiger charge is -2.06. The van der Waals surface area contributed by atoms with Crippen molar-refractivity contribution in [3.63, 3.8) is 0 Å². The number of hydrogen-bond acceptors (Lipinski definition) is 3. The Morgan fingerprint density at radius 3 is 3.00 bits per heavy atom. The summed E-state index contributed by atoms with van der Waals surface area (Å²) >= 11 is 4.93. The van der Waals surface area contributed by atoms with E-state index in [1.54, 1.807) is 11.3 Å². The molecule has 2 aromatic rings. The summed E-state index contributed by atoms with van der Waals surface area (Å²) in [6.45, 7) is 1.88. The van der Waals surface area contributed by atoms with E-state index in [1.807, 2.05) is 25.1 Å². The highest BCUT2D eigenvalue weighted by Gasteiger charge is 2.18. The molecule has 2 aromatic heterocycles. The summed E-state index contributed by atoms with van der Waals surface area (Å²) in [6.07, 6.45) is 3.45. The molecule has 1 amide bonds. The van der Waals surface area contributed by atoms with Gasteiger partial charge in [-0.05, 0) is 65.9 Å². The zero-order valence-electron chi connectivity index (χ0n) is 10.5. The van der Waals surface area contributed by atoms with E-state index >= 15 is 0 Å². The maximum Gasteiger partial charge on any atom is 0.265 e. The summed E-state index contributed by atoms with van der Waals surface area (Å²) in [5.74, 6) is -0.0355. The molecule has 98 valence electrons. The molecular weight excluding hydrogens is 324 g/mol. The molecule has 0 fully saturated rings. The average Bonchev–Trinajstić information content (AvgIpc) is 2.93. The molecule has 3 rings (SSSR count). The number of carbonyl (C=O) groups is 1. The van der Waals surface area contributed by atoms with E-state index in [9.17, 15) is 4.79 Å². The maximum atomic E-state index is 12.2. The number of thiophene rings is 1. The van der Waals surface area contributed by atoms with Gasteiger partial charge in [-0.25, -0.2) is 4.98 Å². The van der Waals surface area contributed by atoms with Crippen LogP contribution >= 0.6 is 27.3 Å². The largest absolute Gasteiger partial charge is 0.320 e. The van der Waals surface area contributed by atoms with E-state index in [4.69, 9.17) is 0 Å².